The first-order valence-electron chi connectivity index (χ1n) is 6.85. The number of hydrogen-bond acceptors (Lipinski definition) is 4. The Morgan fingerprint density at radius 1 is 1.15 bits per heavy atom. The Hall–Kier alpha value is -2.30. The lowest BCUT2D eigenvalue weighted by Gasteiger charge is -2.03. The minimum Gasteiger partial charge on any atom is -0.274 e. The molecule has 0 N–H and O–H groups in total. The molecule has 3 aromatic rings. The normalized spacial score (nSPS) is 11.3. The first kappa shape index (κ1) is 12.7. The van der Waals surface area contributed by atoms with E-state index < -0.39 is 0 Å². The van der Waals surface area contributed by atoms with Crippen molar-refractivity contribution in [2.24, 2.45) is 0 Å². The predicted molar refractivity (Wildman–Crippen MR) is 77.7 cm³/mol. The molecule has 0 saturated carbocycles. The van der Waals surface area contributed by atoms with E-state index in [9.17, 15) is 4.79 Å². The van der Waals surface area contributed by atoms with E-state index >= 15 is 0 Å². The summed E-state index contributed by atoms with van der Waals surface area (Å²) in [5.74, 6) is 0.688. The van der Waals surface area contributed by atoms with Crippen LogP contribution in [0.2, 0.25) is 0 Å². The van der Waals surface area contributed by atoms with Crippen molar-refractivity contribution in [1.82, 2.24) is 19.5 Å². The Morgan fingerprint density at radius 2 is 1.85 bits per heavy atom. The number of para-hydroxylation sites is 2. The molecular formula is C15H16N4O. The molecule has 0 unspecified atom stereocenters. The van der Waals surface area contributed by atoms with Gasteiger partial charge in [-0.1, -0.05) is 25.5 Å². The average molecular weight is 268 g/mol. The van der Waals surface area contributed by atoms with Crippen LogP contribution < -0.4 is 0 Å². The van der Waals surface area contributed by atoms with E-state index in [1.165, 1.54) is 6.92 Å². The lowest BCUT2D eigenvalue weighted by atomic mass is 10.2. The molecule has 0 spiro atoms. The third kappa shape index (κ3) is 2.05. The SMILES string of the molecule is CCCCc1nc2nc3ccccc3nc2n1C(C)=O. The Labute approximate surface area is 116 Å². The number of rotatable bonds is 3. The molecule has 0 amide bonds. The summed E-state index contributed by atoms with van der Waals surface area (Å²) in [6.07, 6.45) is 2.82. The maximum absolute atomic E-state index is 11.9. The van der Waals surface area contributed by atoms with Crippen molar-refractivity contribution >= 4 is 28.2 Å². The number of fused-ring (bicyclic) bond motifs is 2. The second-order valence-corrected chi connectivity index (χ2v) is 4.85. The van der Waals surface area contributed by atoms with Gasteiger partial charge in [0.05, 0.1) is 11.0 Å². The highest BCUT2D eigenvalue weighted by atomic mass is 16.1. The third-order valence-corrected chi connectivity index (χ3v) is 3.31. The van der Waals surface area contributed by atoms with Crippen LogP contribution in [0.5, 0.6) is 0 Å². The topological polar surface area (TPSA) is 60.7 Å². The molecule has 0 aliphatic heterocycles. The van der Waals surface area contributed by atoms with Crippen LogP contribution in [0.15, 0.2) is 24.3 Å². The molecule has 2 aromatic heterocycles. The van der Waals surface area contributed by atoms with Crippen molar-refractivity contribution in [2.45, 2.75) is 33.1 Å². The van der Waals surface area contributed by atoms with Crippen LogP contribution in [0, 0.1) is 0 Å². The van der Waals surface area contributed by atoms with Crippen LogP contribution in [0.4, 0.5) is 0 Å². The second kappa shape index (κ2) is 5.00. The van der Waals surface area contributed by atoms with E-state index in [4.69, 9.17) is 0 Å². The second-order valence-electron chi connectivity index (χ2n) is 4.85. The summed E-state index contributed by atoms with van der Waals surface area (Å²) < 4.78 is 1.59. The molecule has 0 atom stereocenters. The molecule has 20 heavy (non-hydrogen) atoms. The Bertz CT molecular complexity index is 791. The van der Waals surface area contributed by atoms with Crippen LogP contribution in [-0.2, 0) is 6.42 Å². The summed E-state index contributed by atoms with van der Waals surface area (Å²) in [6.45, 7) is 3.65. The van der Waals surface area contributed by atoms with Gasteiger partial charge in [0.2, 0.25) is 5.91 Å². The van der Waals surface area contributed by atoms with Crippen LogP contribution in [0.1, 0.15) is 37.3 Å². The first-order chi connectivity index (χ1) is 9.70. The number of benzene rings is 1. The van der Waals surface area contributed by atoms with Gasteiger partial charge in [0.25, 0.3) is 0 Å². The van der Waals surface area contributed by atoms with Gasteiger partial charge in [0.15, 0.2) is 11.3 Å². The van der Waals surface area contributed by atoms with Gasteiger partial charge in [-0.05, 0) is 18.6 Å². The number of carbonyl (C=O) groups excluding carboxylic acids is 1. The molecule has 5 nitrogen and oxygen atoms in total. The van der Waals surface area contributed by atoms with Gasteiger partial charge in [0.1, 0.15) is 5.82 Å². The zero-order valence-electron chi connectivity index (χ0n) is 11.6. The van der Waals surface area contributed by atoms with Gasteiger partial charge < -0.3 is 0 Å². The third-order valence-electron chi connectivity index (χ3n) is 3.31. The van der Waals surface area contributed by atoms with Crippen molar-refractivity contribution in [1.29, 1.82) is 0 Å². The van der Waals surface area contributed by atoms with Crippen LogP contribution in [0.3, 0.4) is 0 Å². The number of carbonyl (C=O) groups is 1. The summed E-state index contributed by atoms with van der Waals surface area (Å²) in [5.41, 5.74) is 2.69. The number of nitrogens with zero attached hydrogens (tertiary/aromatic N) is 4. The summed E-state index contributed by atoms with van der Waals surface area (Å²) in [7, 11) is 0. The number of hydrogen-bond donors (Lipinski definition) is 0. The Morgan fingerprint density at radius 3 is 2.50 bits per heavy atom. The molecule has 0 bridgehead atoms. The Kier molecular flexibility index (Phi) is 3.18. The number of aromatic nitrogens is 4. The van der Waals surface area contributed by atoms with Crippen molar-refractivity contribution in [3.63, 3.8) is 0 Å². The summed E-state index contributed by atoms with van der Waals surface area (Å²) in [4.78, 5) is 25.4. The summed E-state index contributed by atoms with van der Waals surface area (Å²) in [6, 6.07) is 7.63. The average Bonchev–Trinajstić information content (AvgIpc) is 2.79. The maximum Gasteiger partial charge on any atom is 0.230 e. The van der Waals surface area contributed by atoms with Gasteiger partial charge in [-0.25, -0.2) is 19.5 Å². The largest absolute Gasteiger partial charge is 0.274 e. The molecule has 0 saturated heterocycles. The number of unbranched alkanes of at least 4 members (excludes halogenated alkanes) is 1. The smallest absolute Gasteiger partial charge is 0.230 e. The molecule has 3 rings (SSSR count). The van der Waals surface area contributed by atoms with E-state index in [0.29, 0.717) is 11.3 Å². The number of imidazole rings is 1. The molecule has 5 heteroatoms. The summed E-state index contributed by atoms with van der Waals surface area (Å²) >= 11 is 0. The molecule has 0 aliphatic rings. The standard InChI is InChI=1S/C15H16N4O/c1-3-4-9-13-18-14-15(19(13)10(2)20)17-12-8-6-5-7-11(12)16-14/h5-8H,3-4,9H2,1-2H3. The van der Waals surface area contributed by atoms with Crippen LogP contribution in [0.25, 0.3) is 22.3 Å². The molecule has 0 aliphatic carbocycles. The fourth-order valence-corrected chi connectivity index (χ4v) is 2.33. The molecule has 0 radical (unpaired) electrons. The van der Waals surface area contributed by atoms with Crippen molar-refractivity contribution in [2.75, 3.05) is 0 Å². The summed E-state index contributed by atoms with van der Waals surface area (Å²) in [5, 5.41) is 0. The van der Waals surface area contributed by atoms with Crippen LogP contribution in [-0.4, -0.2) is 25.4 Å². The van der Waals surface area contributed by atoms with Gasteiger partial charge in [0, 0.05) is 13.3 Å². The Balaban J connectivity index is 2.27. The highest BCUT2D eigenvalue weighted by Crippen LogP contribution is 2.18. The van der Waals surface area contributed by atoms with Gasteiger partial charge >= 0.3 is 0 Å². The van der Waals surface area contributed by atoms with Gasteiger partial charge in [-0.2, -0.15) is 0 Å². The minimum absolute atomic E-state index is 0.0665. The molecule has 2 heterocycles. The highest BCUT2D eigenvalue weighted by molar-refractivity contribution is 5.90. The maximum atomic E-state index is 11.9. The van der Waals surface area contributed by atoms with Crippen molar-refractivity contribution in [3.8, 4) is 0 Å². The van der Waals surface area contributed by atoms with Crippen LogP contribution >= 0.6 is 0 Å². The minimum atomic E-state index is -0.0665. The highest BCUT2D eigenvalue weighted by Gasteiger charge is 2.16. The quantitative estimate of drug-likeness (QED) is 0.732. The van der Waals surface area contributed by atoms with E-state index in [1.807, 2.05) is 24.3 Å². The zero-order valence-corrected chi connectivity index (χ0v) is 11.6. The zero-order chi connectivity index (χ0) is 14.1. The fraction of sp³-hybridized carbons (Fsp3) is 0.333. The molecule has 0 fully saturated rings. The monoisotopic (exact) mass is 268 g/mol. The van der Waals surface area contributed by atoms with E-state index in [1.54, 1.807) is 4.57 Å². The first-order valence-corrected chi connectivity index (χ1v) is 6.85. The fourth-order valence-electron chi connectivity index (χ4n) is 2.33. The molecular weight excluding hydrogens is 252 g/mol. The van der Waals surface area contributed by atoms with E-state index in [2.05, 4.69) is 21.9 Å². The van der Waals surface area contributed by atoms with E-state index in [0.717, 1.165) is 36.1 Å². The molecule has 1 aromatic carbocycles. The van der Waals surface area contributed by atoms with Gasteiger partial charge in [-0.15, -0.1) is 0 Å². The predicted octanol–water partition coefficient (Wildman–Crippen LogP) is 2.98. The lowest BCUT2D eigenvalue weighted by Crippen LogP contribution is -2.11. The van der Waals surface area contributed by atoms with Gasteiger partial charge in [-0.3, -0.25) is 4.79 Å². The number of aryl methyl sites for hydroxylation is 1. The lowest BCUT2D eigenvalue weighted by molar-refractivity contribution is 0.0937. The van der Waals surface area contributed by atoms with E-state index in [-0.39, 0.29) is 5.91 Å². The van der Waals surface area contributed by atoms with Crippen molar-refractivity contribution in [3.05, 3.63) is 30.1 Å². The molecule has 102 valence electrons. The van der Waals surface area contributed by atoms with Crippen molar-refractivity contribution < 1.29 is 4.79 Å².